The smallest absolute Gasteiger partial charge is 0.223 e. The highest BCUT2D eigenvalue weighted by molar-refractivity contribution is 5.79. The minimum absolute atomic E-state index is 0.0665. The number of rotatable bonds is 4. The normalized spacial score (nSPS) is 16.5. The molecule has 1 fully saturated rings. The van der Waals surface area contributed by atoms with Crippen LogP contribution in [0, 0.1) is 17.7 Å². The molecule has 20 heavy (non-hydrogen) atoms. The fourth-order valence-corrected chi connectivity index (χ4v) is 2.54. The molecule has 1 saturated heterocycles. The Bertz CT molecular complexity index is 454. The summed E-state index contributed by atoms with van der Waals surface area (Å²) in [5.41, 5.74) is 0.647. The van der Waals surface area contributed by atoms with Gasteiger partial charge >= 0.3 is 0 Å². The zero-order chi connectivity index (χ0) is 14.5. The molecule has 1 aliphatic rings. The number of hydrogen-bond acceptors (Lipinski definition) is 2. The van der Waals surface area contributed by atoms with Gasteiger partial charge in [0.25, 0.3) is 0 Å². The predicted molar refractivity (Wildman–Crippen MR) is 79.2 cm³/mol. The van der Waals surface area contributed by atoms with E-state index in [2.05, 4.69) is 19.2 Å². The van der Waals surface area contributed by atoms with E-state index in [1.807, 2.05) is 11.0 Å². The van der Waals surface area contributed by atoms with Gasteiger partial charge in [0, 0.05) is 25.6 Å². The first-order valence-corrected chi connectivity index (χ1v) is 7.35. The molecular formula is C16H23FN2O. The van der Waals surface area contributed by atoms with Crippen molar-refractivity contribution in [3.8, 4) is 0 Å². The molecule has 3 nitrogen and oxygen atoms in total. The Balaban J connectivity index is 1.86. The van der Waals surface area contributed by atoms with Crippen LogP contribution in [0.2, 0.25) is 0 Å². The number of para-hydroxylation sites is 1. The molecule has 1 aromatic rings. The van der Waals surface area contributed by atoms with Crippen LogP contribution in [-0.2, 0) is 4.79 Å². The standard InChI is InChI=1S/C16H23FN2O/c1-12(2)11-18-16(20)13-7-9-19(10-8-13)15-6-4-3-5-14(15)17/h3-6,12-13H,7-11H2,1-2H3,(H,18,20). The van der Waals surface area contributed by atoms with Crippen LogP contribution in [0.1, 0.15) is 26.7 Å². The monoisotopic (exact) mass is 278 g/mol. The van der Waals surface area contributed by atoms with Gasteiger partial charge in [0.2, 0.25) is 5.91 Å². The molecule has 1 amide bonds. The van der Waals surface area contributed by atoms with Gasteiger partial charge < -0.3 is 10.2 Å². The van der Waals surface area contributed by atoms with Crippen LogP contribution >= 0.6 is 0 Å². The number of hydrogen-bond donors (Lipinski definition) is 1. The lowest BCUT2D eigenvalue weighted by atomic mass is 9.95. The van der Waals surface area contributed by atoms with Crippen LogP contribution in [0.3, 0.4) is 0 Å². The van der Waals surface area contributed by atoms with E-state index in [4.69, 9.17) is 0 Å². The van der Waals surface area contributed by atoms with E-state index in [0.29, 0.717) is 11.6 Å². The zero-order valence-corrected chi connectivity index (χ0v) is 12.2. The fraction of sp³-hybridized carbons (Fsp3) is 0.562. The van der Waals surface area contributed by atoms with Crippen LogP contribution < -0.4 is 10.2 Å². The van der Waals surface area contributed by atoms with Gasteiger partial charge in [0.15, 0.2) is 0 Å². The van der Waals surface area contributed by atoms with Crippen LogP contribution in [0.25, 0.3) is 0 Å². The van der Waals surface area contributed by atoms with Gasteiger partial charge in [-0.15, -0.1) is 0 Å². The molecule has 4 heteroatoms. The van der Waals surface area contributed by atoms with Crippen molar-refractivity contribution >= 4 is 11.6 Å². The Morgan fingerprint density at radius 1 is 1.35 bits per heavy atom. The number of nitrogens with zero attached hydrogens (tertiary/aromatic N) is 1. The van der Waals surface area contributed by atoms with Gasteiger partial charge in [0.05, 0.1) is 5.69 Å². The molecule has 0 aromatic heterocycles. The van der Waals surface area contributed by atoms with Gasteiger partial charge in [-0.05, 0) is 30.9 Å². The molecule has 1 heterocycles. The van der Waals surface area contributed by atoms with E-state index in [9.17, 15) is 9.18 Å². The third-order valence-electron chi connectivity index (χ3n) is 3.74. The minimum Gasteiger partial charge on any atom is -0.369 e. The first kappa shape index (κ1) is 14.8. The first-order chi connectivity index (χ1) is 9.58. The van der Waals surface area contributed by atoms with E-state index < -0.39 is 0 Å². The van der Waals surface area contributed by atoms with Crippen molar-refractivity contribution < 1.29 is 9.18 Å². The maximum absolute atomic E-state index is 13.7. The molecule has 2 rings (SSSR count). The summed E-state index contributed by atoms with van der Waals surface area (Å²) in [6, 6.07) is 6.83. The topological polar surface area (TPSA) is 32.3 Å². The SMILES string of the molecule is CC(C)CNC(=O)C1CCN(c2ccccc2F)CC1. The second-order valence-electron chi connectivity index (χ2n) is 5.85. The highest BCUT2D eigenvalue weighted by Gasteiger charge is 2.25. The Kier molecular flexibility index (Phi) is 4.99. The molecule has 0 saturated carbocycles. The van der Waals surface area contributed by atoms with E-state index >= 15 is 0 Å². The minimum atomic E-state index is -0.185. The van der Waals surface area contributed by atoms with Gasteiger partial charge in [-0.25, -0.2) is 4.39 Å². The van der Waals surface area contributed by atoms with E-state index in [0.717, 1.165) is 32.5 Å². The average Bonchev–Trinajstić information content (AvgIpc) is 2.45. The molecular weight excluding hydrogens is 255 g/mol. The van der Waals surface area contributed by atoms with Crippen LogP contribution in [0.4, 0.5) is 10.1 Å². The largest absolute Gasteiger partial charge is 0.369 e. The molecule has 0 spiro atoms. The Morgan fingerprint density at radius 2 is 2.00 bits per heavy atom. The van der Waals surface area contributed by atoms with Gasteiger partial charge in [0.1, 0.15) is 5.82 Å². The van der Waals surface area contributed by atoms with Crippen LogP contribution in [0.15, 0.2) is 24.3 Å². The number of amides is 1. The maximum Gasteiger partial charge on any atom is 0.223 e. The van der Waals surface area contributed by atoms with Crippen LogP contribution in [0.5, 0.6) is 0 Å². The first-order valence-electron chi connectivity index (χ1n) is 7.35. The highest BCUT2D eigenvalue weighted by Crippen LogP contribution is 2.25. The Hall–Kier alpha value is -1.58. The number of benzene rings is 1. The molecule has 1 aromatic carbocycles. The molecule has 0 atom stereocenters. The van der Waals surface area contributed by atoms with Crippen molar-refractivity contribution in [2.75, 3.05) is 24.5 Å². The second-order valence-corrected chi connectivity index (χ2v) is 5.85. The van der Waals surface area contributed by atoms with Gasteiger partial charge in [-0.3, -0.25) is 4.79 Å². The van der Waals surface area contributed by atoms with Crippen molar-refractivity contribution in [2.45, 2.75) is 26.7 Å². The molecule has 1 aliphatic heterocycles. The molecule has 0 radical (unpaired) electrons. The molecule has 110 valence electrons. The third-order valence-corrected chi connectivity index (χ3v) is 3.74. The number of carbonyl (C=O) groups excluding carboxylic acids is 1. The van der Waals surface area contributed by atoms with Crippen molar-refractivity contribution in [3.05, 3.63) is 30.1 Å². The van der Waals surface area contributed by atoms with E-state index in [1.54, 1.807) is 12.1 Å². The van der Waals surface area contributed by atoms with E-state index in [-0.39, 0.29) is 17.6 Å². The highest BCUT2D eigenvalue weighted by atomic mass is 19.1. The number of halogens is 1. The zero-order valence-electron chi connectivity index (χ0n) is 12.2. The van der Waals surface area contributed by atoms with Crippen LogP contribution in [-0.4, -0.2) is 25.5 Å². The number of anilines is 1. The summed E-state index contributed by atoms with van der Waals surface area (Å²) in [5.74, 6) is 0.497. The van der Waals surface area contributed by atoms with Crippen molar-refractivity contribution in [1.29, 1.82) is 0 Å². The lowest BCUT2D eigenvalue weighted by Crippen LogP contribution is -2.41. The summed E-state index contributed by atoms with van der Waals surface area (Å²) in [7, 11) is 0. The summed E-state index contributed by atoms with van der Waals surface area (Å²) in [5, 5.41) is 2.99. The lowest BCUT2D eigenvalue weighted by Gasteiger charge is -2.33. The Morgan fingerprint density at radius 3 is 2.60 bits per heavy atom. The van der Waals surface area contributed by atoms with E-state index in [1.165, 1.54) is 6.07 Å². The number of carbonyl (C=O) groups is 1. The summed E-state index contributed by atoms with van der Waals surface area (Å²) in [6.45, 7) is 6.37. The molecule has 1 N–H and O–H groups in total. The second kappa shape index (κ2) is 6.73. The molecule has 0 aliphatic carbocycles. The Labute approximate surface area is 120 Å². The quantitative estimate of drug-likeness (QED) is 0.918. The number of piperidine rings is 1. The fourth-order valence-electron chi connectivity index (χ4n) is 2.54. The number of nitrogens with one attached hydrogen (secondary N) is 1. The lowest BCUT2D eigenvalue weighted by molar-refractivity contribution is -0.125. The molecule has 0 bridgehead atoms. The van der Waals surface area contributed by atoms with Crippen molar-refractivity contribution in [3.63, 3.8) is 0 Å². The predicted octanol–water partition coefficient (Wildman–Crippen LogP) is 2.81. The molecule has 0 unspecified atom stereocenters. The maximum atomic E-state index is 13.7. The van der Waals surface area contributed by atoms with Gasteiger partial charge in [-0.1, -0.05) is 26.0 Å². The summed E-state index contributed by atoms with van der Waals surface area (Å²) in [6.07, 6.45) is 1.58. The summed E-state index contributed by atoms with van der Waals surface area (Å²) in [4.78, 5) is 14.0. The summed E-state index contributed by atoms with van der Waals surface area (Å²) >= 11 is 0. The summed E-state index contributed by atoms with van der Waals surface area (Å²) < 4.78 is 13.7. The third kappa shape index (κ3) is 3.71. The van der Waals surface area contributed by atoms with Crippen molar-refractivity contribution in [2.24, 2.45) is 11.8 Å². The average molecular weight is 278 g/mol. The van der Waals surface area contributed by atoms with Crippen molar-refractivity contribution in [1.82, 2.24) is 5.32 Å². The van der Waals surface area contributed by atoms with Gasteiger partial charge in [-0.2, -0.15) is 0 Å².